The number of hydrogen-bond donors (Lipinski definition) is 1. The molecule has 3 rings (SSSR count). The summed E-state index contributed by atoms with van der Waals surface area (Å²) in [5.74, 6) is 1.47. The summed E-state index contributed by atoms with van der Waals surface area (Å²) in [5.41, 5.74) is 2.38. The Morgan fingerprint density at radius 3 is 3.00 bits per heavy atom. The number of fused-ring (bicyclic) bond motifs is 1. The standard InChI is InChI=1S/C14H16N2/c1-15-9-11-8-12(11)14-7-6-10-4-2-3-5-13(10)16-14/h2-7,11-12,15H,8-9H2,1H3. The number of nitrogens with zero attached hydrogens (tertiary/aromatic N) is 1. The smallest absolute Gasteiger partial charge is 0.0705 e. The van der Waals surface area contributed by atoms with Crippen molar-refractivity contribution >= 4 is 10.9 Å². The first-order valence-electron chi connectivity index (χ1n) is 5.89. The van der Waals surface area contributed by atoms with Gasteiger partial charge >= 0.3 is 0 Å². The van der Waals surface area contributed by atoms with Crippen LogP contribution in [0.3, 0.4) is 0 Å². The highest BCUT2D eigenvalue weighted by atomic mass is 14.8. The molecule has 1 aliphatic carbocycles. The Morgan fingerprint density at radius 1 is 1.25 bits per heavy atom. The zero-order chi connectivity index (χ0) is 11.0. The molecule has 2 unspecified atom stereocenters. The van der Waals surface area contributed by atoms with Crippen LogP contribution in [0.2, 0.25) is 0 Å². The fourth-order valence-electron chi connectivity index (χ4n) is 2.39. The highest BCUT2D eigenvalue weighted by Crippen LogP contribution is 2.46. The van der Waals surface area contributed by atoms with Crippen molar-refractivity contribution in [1.29, 1.82) is 0 Å². The van der Waals surface area contributed by atoms with Gasteiger partial charge in [0.25, 0.3) is 0 Å². The molecule has 2 nitrogen and oxygen atoms in total. The summed E-state index contributed by atoms with van der Waals surface area (Å²) in [5, 5.41) is 4.47. The molecule has 1 heterocycles. The molecule has 2 heteroatoms. The van der Waals surface area contributed by atoms with Gasteiger partial charge in [0.05, 0.1) is 5.52 Å². The van der Waals surface area contributed by atoms with Crippen LogP contribution in [0.5, 0.6) is 0 Å². The maximum absolute atomic E-state index is 4.74. The monoisotopic (exact) mass is 212 g/mol. The third-order valence-electron chi connectivity index (χ3n) is 3.39. The van der Waals surface area contributed by atoms with Crippen LogP contribution in [0.1, 0.15) is 18.0 Å². The number of benzene rings is 1. The van der Waals surface area contributed by atoms with Gasteiger partial charge in [0, 0.05) is 17.0 Å². The van der Waals surface area contributed by atoms with Crippen molar-refractivity contribution in [1.82, 2.24) is 10.3 Å². The minimum Gasteiger partial charge on any atom is -0.319 e. The molecule has 0 spiro atoms. The Morgan fingerprint density at radius 2 is 2.12 bits per heavy atom. The fraction of sp³-hybridized carbons (Fsp3) is 0.357. The van der Waals surface area contributed by atoms with E-state index in [0.717, 1.165) is 18.0 Å². The summed E-state index contributed by atoms with van der Waals surface area (Å²) in [6.07, 6.45) is 1.28. The predicted molar refractivity (Wildman–Crippen MR) is 66.5 cm³/mol. The number of nitrogens with one attached hydrogen (secondary N) is 1. The van der Waals surface area contributed by atoms with Crippen molar-refractivity contribution in [3.8, 4) is 0 Å². The molecule has 1 fully saturated rings. The van der Waals surface area contributed by atoms with Gasteiger partial charge in [0.1, 0.15) is 0 Å². The van der Waals surface area contributed by atoms with Gasteiger partial charge in [0.15, 0.2) is 0 Å². The molecule has 0 radical (unpaired) electrons. The average Bonchev–Trinajstić information content (AvgIpc) is 3.08. The predicted octanol–water partition coefficient (Wildman–Crippen LogP) is 2.56. The zero-order valence-corrected chi connectivity index (χ0v) is 9.48. The molecular formula is C14H16N2. The van der Waals surface area contributed by atoms with E-state index in [0.29, 0.717) is 5.92 Å². The summed E-state index contributed by atoms with van der Waals surface area (Å²) < 4.78 is 0. The average molecular weight is 212 g/mol. The molecule has 1 N–H and O–H groups in total. The first-order chi connectivity index (χ1) is 7.88. The normalized spacial score (nSPS) is 23.6. The molecule has 1 aromatic carbocycles. The largest absolute Gasteiger partial charge is 0.319 e. The lowest BCUT2D eigenvalue weighted by atomic mass is 10.1. The quantitative estimate of drug-likeness (QED) is 0.845. The molecule has 2 aromatic rings. The minimum absolute atomic E-state index is 0.678. The highest BCUT2D eigenvalue weighted by molar-refractivity contribution is 5.78. The van der Waals surface area contributed by atoms with Crippen LogP contribution in [-0.4, -0.2) is 18.6 Å². The first-order valence-corrected chi connectivity index (χ1v) is 5.89. The Bertz CT molecular complexity index is 507. The van der Waals surface area contributed by atoms with Gasteiger partial charge in [-0.3, -0.25) is 4.98 Å². The van der Waals surface area contributed by atoms with E-state index >= 15 is 0 Å². The van der Waals surface area contributed by atoms with E-state index in [1.807, 2.05) is 7.05 Å². The van der Waals surface area contributed by atoms with Gasteiger partial charge in [-0.15, -0.1) is 0 Å². The maximum Gasteiger partial charge on any atom is 0.0705 e. The van der Waals surface area contributed by atoms with E-state index in [2.05, 4.69) is 41.7 Å². The van der Waals surface area contributed by atoms with Gasteiger partial charge in [0.2, 0.25) is 0 Å². The molecule has 82 valence electrons. The van der Waals surface area contributed by atoms with E-state index in [9.17, 15) is 0 Å². The second-order valence-corrected chi connectivity index (χ2v) is 4.59. The number of hydrogen-bond acceptors (Lipinski definition) is 2. The molecule has 2 atom stereocenters. The Labute approximate surface area is 95.7 Å². The van der Waals surface area contributed by atoms with Crippen LogP contribution in [0.15, 0.2) is 36.4 Å². The SMILES string of the molecule is CNCC1CC1c1ccc2ccccc2n1. The molecule has 0 amide bonds. The number of pyridine rings is 1. The van der Waals surface area contributed by atoms with Crippen LogP contribution in [0.4, 0.5) is 0 Å². The molecule has 1 aliphatic rings. The van der Waals surface area contributed by atoms with E-state index in [1.54, 1.807) is 0 Å². The summed E-state index contributed by atoms with van der Waals surface area (Å²) in [6.45, 7) is 1.11. The van der Waals surface area contributed by atoms with Gasteiger partial charge in [-0.25, -0.2) is 0 Å². The maximum atomic E-state index is 4.74. The van der Waals surface area contributed by atoms with Crippen LogP contribution in [0.25, 0.3) is 10.9 Å². The lowest BCUT2D eigenvalue weighted by molar-refractivity contribution is 0.694. The van der Waals surface area contributed by atoms with Crippen LogP contribution < -0.4 is 5.32 Å². The third-order valence-corrected chi connectivity index (χ3v) is 3.39. The second kappa shape index (κ2) is 3.87. The third kappa shape index (κ3) is 1.69. The molecule has 0 bridgehead atoms. The van der Waals surface area contributed by atoms with Crippen molar-refractivity contribution in [3.05, 3.63) is 42.1 Å². The summed E-state index contributed by atoms with van der Waals surface area (Å²) >= 11 is 0. The second-order valence-electron chi connectivity index (χ2n) is 4.59. The summed E-state index contributed by atoms with van der Waals surface area (Å²) in [7, 11) is 2.02. The molecule has 0 saturated heterocycles. The number of para-hydroxylation sites is 1. The van der Waals surface area contributed by atoms with Crippen molar-refractivity contribution < 1.29 is 0 Å². The van der Waals surface area contributed by atoms with Gasteiger partial charge in [-0.2, -0.15) is 0 Å². The highest BCUT2D eigenvalue weighted by Gasteiger charge is 2.38. The van der Waals surface area contributed by atoms with Crippen molar-refractivity contribution in [2.75, 3.05) is 13.6 Å². The number of rotatable bonds is 3. The van der Waals surface area contributed by atoms with E-state index in [1.165, 1.54) is 17.5 Å². The summed E-state index contributed by atoms with van der Waals surface area (Å²) in [6, 6.07) is 12.7. The van der Waals surface area contributed by atoms with E-state index in [4.69, 9.17) is 4.98 Å². The lowest BCUT2D eigenvalue weighted by Crippen LogP contribution is -2.10. The molecule has 1 saturated carbocycles. The number of aromatic nitrogens is 1. The van der Waals surface area contributed by atoms with Gasteiger partial charge in [-0.1, -0.05) is 24.3 Å². The Balaban J connectivity index is 1.89. The molecular weight excluding hydrogens is 196 g/mol. The van der Waals surface area contributed by atoms with Gasteiger partial charge < -0.3 is 5.32 Å². The minimum atomic E-state index is 0.678. The van der Waals surface area contributed by atoms with Crippen molar-refractivity contribution in [2.45, 2.75) is 12.3 Å². The summed E-state index contributed by atoms with van der Waals surface area (Å²) in [4.78, 5) is 4.74. The molecule has 1 aromatic heterocycles. The van der Waals surface area contributed by atoms with Gasteiger partial charge in [-0.05, 0) is 38.1 Å². The first kappa shape index (κ1) is 9.79. The van der Waals surface area contributed by atoms with Crippen LogP contribution in [-0.2, 0) is 0 Å². The molecule has 0 aliphatic heterocycles. The Hall–Kier alpha value is -1.41. The fourth-order valence-corrected chi connectivity index (χ4v) is 2.39. The lowest BCUT2D eigenvalue weighted by Gasteiger charge is -2.02. The zero-order valence-electron chi connectivity index (χ0n) is 9.48. The molecule has 16 heavy (non-hydrogen) atoms. The van der Waals surface area contributed by atoms with E-state index < -0.39 is 0 Å². The van der Waals surface area contributed by atoms with E-state index in [-0.39, 0.29) is 0 Å². The topological polar surface area (TPSA) is 24.9 Å². The van der Waals surface area contributed by atoms with Crippen molar-refractivity contribution in [3.63, 3.8) is 0 Å². The van der Waals surface area contributed by atoms with Crippen LogP contribution >= 0.6 is 0 Å². The van der Waals surface area contributed by atoms with Crippen molar-refractivity contribution in [2.24, 2.45) is 5.92 Å². The Kier molecular flexibility index (Phi) is 2.37. The van der Waals surface area contributed by atoms with Crippen LogP contribution in [0, 0.1) is 5.92 Å².